The normalized spacial score (nSPS) is 12.3. The summed E-state index contributed by atoms with van der Waals surface area (Å²) in [5.41, 5.74) is 0.611. The molecule has 2 aromatic heterocycles. The first-order chi connectivity index (χ1) is 11.5. The molecule has 0 saturated heterocycles. The first-order valence-electron chi connectivity index (χ1n) is 7.28. The van der Waals surface area contributed by atoms with Crippen LogP contribution in [0.3, 0.4) is 0 Å². The Balaban J connectivity index is 1.94. The third kappa shape index (κ3) is 3.03. The second-order valence-electron chi connectivity index (χ2n) is 5.25. The molecule has 1 atom stereocenters. The van der Waals surface area contributed by atoms with Crippen LogP contribution in [0.5, 0.6) is 0 Å². The van der Waals surface area contributed by atoms with Crippen LogP contribution >= 0.6 is 0 Å². The molecule has 124 valence electrons. The number of aromatic carboxylic acids is 1. The molecular weight excluding hydrogens is 318 g/mol. The number of carboxylic acids is 1. The van der Waals surface area contributed by atoms with Crippen molar-refractivity contribution in [3.8, 4) is 0 Å². The number of carbonyl (C=O) groups is 1. The van der Waals surface area contributed by atoms with Crippen LogP contribution in [0.2, 0.25) is 0 Å². The number of fused-ring (bicyclic) bond motifs is 1. The molecule has 0 aliphatic rings. The topological polar surface area (TPSA) is 79.5 Å². The Kier molecular flexibility index (Phi) is 4.11. The number of nitrogens with one attached hydrogen (secondary N) is 1. The largest absolute Gasteiger partial charge is 0.477 e. The predicted octanol–water partition coefficient (Wildman–Crippen LogP) is 3.27. The summed E-state index contributed by atoms with van der Waals surface area (Å²) in [4.78, 5) is 15.4. The monoisotopic (exact) mass is 332 g/mol. The molecule has 0 saturated carbocycles. The lowest BCUT2D eigenvalue weighted by atomic mass is 10.0. The molecule has 1 aromatic carbocycles. The fourth-order valence-electron chi connectivity index (χ4n) is 2.48. The summed E-state index contributed by atoms with van der Waals surface area (Å²) in [6.45, 7) is 1.86. The van der Waals surface area contributed by atoms with E-state index in [0.29, 0.717) is 17.8 Å². The van der Waals surface area contributed by atoms with Gasteiger partial charge in [-0.1, -0.05) is 6.92 Å². The van der Waals surface area contributed by atoms with Gasteiger partial charge in [0, 0.05) is 12.3 Å². The van der Waals surface area contributed by atoms with Gasteiger partial charge in [-0.05, 0) is 30.2 Å². The SMILES string of the molecule is CC[C@@H](Nc1ccn2ncc(C(=O)O)c2n1)c1cc(F)cc(F)c1. The number of aromatic nitrogens is 3. The molecule has 0 unspecified atom stereocenters. The van der Waals surface area contributed by atoms with E-state index in [2.05, 4.69) is 15.4 Å². The quantitative estimate of drug-likeness (QED) is 0.749. The highest BCUT2D eigenvalue weighted by atomic mass is 19.1. The van der Waals surface area contributed by atoms with Gasteiger partial charge in [-0.25, -0.2) is 23.1 Å². The molecule has 0 bridgehead atoms. The average molecular weight is 332 g/mol. The van der Waals surface area contributed by atoms with E-state index in [9.17, 15) is 13.6 Å². The van der Waals surface area contributed by atoms with Crippen molar-refractivity contribution in [1.29, 1.82) is 0 Å². The fraction of sp³-hybridized carbons (Fsp3) is 0.188. The molecule has 0 amide bonds. The third-order valence-electron chi connectivity index (χ3n) is 3.62. The van der Waals surface area contributed by atoms with Crippen molar-refractivity contribution in [2.75, 3.05) is 5.32 Å². The van der Waals surface area contributed by atoms with Gasteiger partial charge in [0.15, 0.2) is 5.65 Å². The zero-order valence-corrected chi connectivity index (χ0v) is 12.7. The zero-order chi connectivity index (χ0) is 17.3. The summed E-state index contributed by atoms with van der Waals surface area (Å²) in [6.07, 6.45) is 3.34. The number of rotatable bonds is 5. The molecule has 0 radical (unpaired) electrons. The van der Waals surface area contributed by atoms with Gasteiger partial charge in [0.05, 0.1) is 12.2 Å². The van der Waals surface area contributed by atoms with Crippen LogP contribution in [0.1, 0.15) is 35.3 Å². The predicted molar refractivity (Wildman–Crippen MR) is 83.0 cm³/mol. The maximum Gasteiger partial charge on any atom is 0.341 e. The van der Waals surface area contributed by atoms with Crippen molar-refractivity contribution in [3.05, 3.63) is 59.4 Å². The lowest BCUT2D eigenvalue weighted by Gasteiger charge is -2.18. The van der Waals surface area contributed by atoms with Crippen molar-refractivity contribution < 1.29 is 18.7 Å². The maximum absolute atomic E-state index is 13.4. The van der Waals surface area contributed by atoms with Gasteiger partial charge in [-0.2, -0.15) is 5.10 Å². The minimum Gasteiger partial charge on any atom is -0.477 e. The Bertz CT molecular complexity index is 890. The zero-order valence-electron chi connectivity index (χ0n) is 12.7. The van der Waals surface area contributed by atoms with Crippen molar-refractivity contribution in [3.63, 3.8) is 0 Å². The lowest BCUT2D eigenvalue weighted by molar-refractivity contribution is 0.0698. The Hall–Kier alpha value is -3.03. The van der Waals surface area contributed by atoms with Crippen LogP contribution in [0, 0.1) is 11.6 Å². The van der Waals surface area contributed by atoms with Gasteiger partial charge >= 0.3 is 5.97 Å². The summed E-state index contributed by atoms with van der Waals surface area (Å²) in [5, 5.41) is 16.1. The van der Waals surface area contributed by atoms with Gasteiger partial charge < -0.3 is 10.4 Å². The highest BCUT2D eigenvalue weighted by Gasteiger charge is 2.16. The van der Waals surface area contributed by atoms with Crippen LogP contribution in [0.4, 0.5) is 14.6 Å². The van der Waals surface area contributed by atoms with Gasteiger partial charge in [0.25, 0.3) is 0 Å². The number of hydrogen-bond donors (Lipinski definition) is 2. The molecule has 8 heteroatoms. The molecule has 3 aromatic rings. The van der Waals surface area contributed by atoms with Crippen molar-refractivity contribution in [2.24, 2.45) is 0 Å². The van der Waals surface area contributed by atoms with E-state index in [-0.39, 0.29) is 17.3 Å². The molecule has 2 N–H and O–H groups in total. The number of carboxylic acid groups (broad SMARTS) is 1. The average Bonchev–Trinajstić information content (AvgIpc) is 2.94. The fourth-order valence-corrected chi connectivity index (χ4v) is 2.48. The number of hydrogen-bond acceptors (Lipinski definition) is 4. The molecule has 0 aliphatic heterocycles. The molecular formula is C16H14F2N4O2. The molecule has 3 rings (SSSR count). The maximum atomic E-state index is 13.4. The van der Waals surface area contributed by atoms with Crippen LogP contribution in [0.25, 0.3) is 5.65 Å². The molecule has 24 heavy (non-hydrogen) atoms. The Morgan fingerprint density at radius 2 is 2.04 bits per heavy atom. The molecule has 2 heterocycles. The Morgan fingerprint density at radius 1 is 1.33 bits per heavy atom. The molecule has 6 nitrogen and oxygen atoms in total. The minimum absolute atomic E-state index is 0.0245. The second kappa shape index (κ2) is 6.23. The second-order valence-corrected chi connectivity index (χ2v) is 5.25. The van der Waals surface area contributed by atoms with Gasteiger partial charge in [-0.3, -0.25) is 0 Å². The van der Waals surface area contributed by atoms with E-state index < -0.39 is 17.6 Å². The molecule has 0 spiro atoms. The smallest absolute Gasteiger partial charge is 0.341 e. The van der Waals surface area contributed by atoms with E-state index in [0.717, 1.165) is 6.07 Å². The molecule has 0 fully saturated rings. The first kappa shape index (κ1) is 15.9. The van der Waals surface area contributed by atoms with Gasteiger partial charge in [0.2, 0.25) is 0 Å². The van der Waals surface area contributed by atoms with Crippen LogP contribution < -0.4 is 5.32 Å². The highest BCUT2D eigenvalue weighted by Crippen LogP contribution is 2.24. The standard InChI is InChI=1S/C16H14F2N4O2/c1-2-13(9-5-10(17)7-11(18)6-9)20-14-3-4-22-15(21-14)12(8-19-22)16(23)24/h3-8,13H,2H2,1H3,(H,20,21)(H,23,24)/t13-/m1/s1. The van der Waals surface area contributed by atoms with Crippen LogP contribution in [0.15, 0.2) is 36.7 Å². The van der Waals surface area contributed by atoms with Gasteiger partial charge in [-0.15, -0.1) is 0 Å². The summed E-state index contributed by atoms with van der Waals surface area (Å²) in [7, 11) is 0. The Morgan fingerprint density at radius 3 is 2.67 bits per heavy atom. The van der Waals surface area contributed by atoms with Gasteiger partial charge in [0.1, 0.15) is 23.0 Å². The van der Waals surface area contributed by atoms with Crippen molar-refractivity contribution >= 4 is 17.4 Å². The number of halogens is 2. The van der Waals surface area contributed by atoms with E-state index in [1.54, 1.807) is 12.3 Å². The number of nitrogens with zero attached hydrogens (tertiary/aromatic N) is 3. The van der Waals surface area contributed by atoms with E-state index in [1.807, 2.05) is 6.92 Å². The van der Waals surface area contributed by atoms with E-state index in [1.165, 1.54) is 22.8 Å². The minimum atomic E-state index is -1.13. The summed E-state index contributed by atoms with van der Waals surface area (Å²) >= 11 is 0. The summed E-state index contributed by atoms with van der Waals surface area (Å²) in [6, 6.07) is 4.56. The molecule has 0 aliphatic carbocycles. The van der Waals surface area contributed by atoms with Crippen LogP contribution in [-0.4, -0.2) is 25.7 Å². The van der Waals surface area contributed by atoms with E-state index in [4.69, 9.17) is 5.11 Å². The van der Waals surface area contributed by atoms with Crippen LogP contribution in [-0.2, 0) is 0 Å². The van der Waals surface area contributed by atoms with Crippen molar-refractivity contribution in [2.45, 2.75) is 19.4 Å². The highest BCUT2D eigenvalue weighted by molar-refractivity contribution is 5.94. The summed E-state index contributed by atoms with van der Waals surface area (Å²) in [5.74, 6) is -2.05. The lowest BCUT2D eigenvalue weighted by Crippen LogP contribution is -2.12. The van der Waals surface area contributed by atoms with Crippen molar-refractivity contribution in [1.82, 2.24) is 14.6 Å². The number of benzene rings is 1. The summed E-state index contributed by atoms with van der Waals surface area (Å²) < 4.78 is 28.2. The third-order valence-corrected chi connectivity index (χ3v) is 3.62. The van der Waals surface area contributed by atoms with E-state index >= 15 is 0 Å². The Labute approximate surface area is 135 Å². The number of anilines is 1. The first-order valence-corrected chi connectivity index (χ1v) is 7.28.